The third kappa shape index (κ3) is 2.60. The van der Waals surface area contributed by atoms with E-state index in [0.29, 0.717) is 6.04 Å². The lowest BCUT2D eigenvalue weighted by atomic mass is 9.87. The molecular formula is C14H21N. The van der Waals surface area contributed by atoms with Crippen LogP contribution in [0.15, 0.2) is 18.2 Å². The lowest BCUT2D eigenvalue weighted by Crippen LogP contribution is -2.34. The highest BCUT2D eigenvalue weighted by Crippen LogP contribution is 2.22. The fraction of sp³-hybridized carbons (Fsp3) is 0.571. The van der Waals surface area contributed by atoms with Crippen molar-refractivity contribution in [2.45, 2.75) is 45.6 Å². The molecule has 0 fully saturated rings. The van der Waals surface area contributed by atoms with Crippen LogP contribution in [0.2, 0.25) is 0 Å². The molecule has 1 N–H and O–H groups in total. The van der Waals surface area contributed by atoms with Gasteiger partial charge in [-0.3, -0.25) is 0 Å². The molecule has 0 saturated heterocycles. The van der Waals surface area contributed by atoms with E-state index >= 15 is 0 Å². The molecule has 0 heterocycles. The van der Waals surface area contributed by atoms with E-state index in [1.165, 1.54) is 31.2 Å². The van der Waals surface area contributed by atoms with Crippen LogP contribution in [0.1, 0.15) is 36.5 Å². The molecule has 15 heavy (non-hydrogen) atoms. The Morgan fingerprint density at radius 3 is 3.00 bits per heavy atom. The fourth-order valence-electron chi connectivity index (χ4n) is 2.41. The predicted octanol–water partition coefficient (Wildman–Crippen LogP) is 2.85. The van der Waals surface area contributed by atoms with Gasteiger partial charge in [0.1, 0.15) is 0 Å². The van der Waals surface area contributed by atoms with Gasteiger partial charge in [-0.05, 0) is 50.3 Å². The molecule has 1 nitrogen and oxygen atoms in total. The standard InChI is InChI=1S/C14H21N/c1-3-8-15-14-7-6-12-9-11(2)4-5-13(12)10-14/h4-5,9,14-15H,3,6-8,10H2,1-2H3. The molecule has 2 rings (SSSR count). The van der Waals surface area contributed by atoms with Crippen molar-refractivity contribution in [2.75, 3.05) is 6.54 Å². The Labute approximate surface area is 92.9 Å². The molecular weight excluding hydrogens is 182 g/mol. The number of rotatable bonds is 3. The Morgan fingerprint density at radius 1 is 1.33 bits per heavy atom. The number of benzene rings is 1. The van der Waals surface area contributed by atoms with Crippen molar-refractivity contribution in [3.8, 4) is 0 Å². The zero-order valence-electron chi connectivity index (χ0n) is 9.84. The van der Waals surface area contributed by atoms with Crippen LogP contribution in [-0.4, -0.2) is 12.6 Å². The summed E-state index contributed by atoms with van der Waals surface area (Å²) in [6, 6.07) is 7.61. The molecule has 0 saturated carbocycles. The van der Waals surface area contributed by atoms with Crippen molar-refractivity contribution in [3.05, 3.63) is 34.9 Å². The van der Waals surface area contributed by atoms with Crippen LogP contribution in [0.4, 0.5) is 0 Å². The van der Waals surface area contributed by atoms with Gasteiger partial charge in [-0.2, -0.15) is 0 Å². The van der Waals surface area contributed by atoms with Gasteiger partial charge in [0, 0.05) is 6.04 Å². The monoisotopic (exact) mass is 203 g/mol. The molecule has 0 spiro atoms. The highest BCUT2D eigenvalue weighted by Gasteiger charge is 2.17. The van der Waals surface area contributed by atoms with Crippen molar-refractivity contribution in [2.24, 2.45) is 0 Å². The summed E-state index contributed by atoms with van der Waals surface area (Å²) in [5.74, 6) is 0. The number of hydrogen-bond donors (Lipinski definition) is 1. The summed E-state index contributed by atoms with van der Waals surface area (Å²) in [7, 11) is 0. The van der Waals surface area contributed by atoms with E-state index in [1.54, 1.807) is 11.1 Å². The van der Waals surface area contributed by atoms with Gasteiger partial charge in [0.05, 0.1) is 0 Å². The minimum Gasteiger partial charge on any atom is -0.314 e. The number of nitrogens with one attached hydrogen (secondary N) is 1. The van der Waals surface area contributed by atoms with Gasteiger partial charge in [-0.1, -0.05) is 30.7 Å². The van der Waals surface area contributed by atoms with Crippen LogP contribution in [0.3, 0.4) is 0 Å². The largest absolute Gasteiger partial charge is 0.314 e. The first-order valence-corrected chi connectivity index (χ1v) is 6.11. The van der Waals surface area contributed by atoms with Gasteiger partial charge in [0.2, 0.25) is 0 Å². The molecule has 1 aromatic rings. The average Bonchev–Trinajstić information content (AvgIpc) is 2.26. The Balaban J connectivity index is 2.03. The number of fused-ring (bicyclic) bond motifs is 1. The van der Waals surface area contributed by atoms with E-state index in [-0.39, 0.29) is 0 Å². The van der Waals surface area contributed by atoms with Gasteiger partial charge >= 0.3 is 0 Å². The van der Waals surface area contributed by atoms with E-state index < -0.39 is 0 Å². The normalized spacial score (nSPS) is 20.0. The SMILES string of the molecule is CCCNC1CCc2cc(C)ccc2C1. The number of hydrogen-bond acceptors (Lipinski definition) is 1. The van der Waals surface area contributed by atoms with Gasteiger partial charge in [-0.15, -0.1) is 0 Å². The Hall–Kier alpha value is -0.820. The van der Waals surface area contributed by atoms with Crippen LogP contribution in [0.25, 0.3) is 0 Å². The first-order valence-electron chi connectivity index (χ1n) is 6.11. The third-order valence-corrected chi connectivity index (χ3v) is 3.27. The van der Waals surface area contributed by atoms with Crippen molar-refractivity contribution in [1.29, 1.82) is 0 Å². The maximum absolute atomic E-state index is 3.63. The quantitative estimate of drug-likeness (QED) is 0.796. The van der Waals surface area contributed by atoms with Crippen molar-refractivity contribution in [1.82, 2.24) is 5.32 Å². The second kappa shape index (κ2) is 4.80. The summed E-state index contributed by atoms with van der Waals surface area (Å²) in [6.07, 6.45) is 5.00. The van der Waals surface area contributed by atoms with Crippen molar-refractivity contribution < 1.29 is 0 Å². The third-order valence-electron chi connectivity index (χ3n) is 3.27. The van der Waals surface area contributed by atoms with E-state index in [1.807, 2.05) is 0 Å². The summed E-state index contributed by atoms with van der Waals surface area (Å²) < 4.78 is 0. The zero-order valence-corrected chi connectivity index (χ0v) is 9.84. The van der Waals surface area contributed by atoms with E-state index in [4.69, 9.17) is 0 Å². The molecule has 1 atom stereocenters. The molecule has 1 aromatic carbocycles. The maximum atomic E-state index is 3.63. The van der Waals surface area contributed by atoms with E-state index in [2.05, 4.69) is 37.4 Å². The summed E-state index contributed by atoms with van der Waals surface area (Å²) in [5.41, 5.74) is 4.53. The highest BCUT2D eigenvalue weighted by atomic mass is 14.9. The average molecular weight is 203 g/mol. The first-order chi connectivity index (χ1) is 7.29. The van der Waals surface area contributed by atoms with E-state index in [9.17, 15) is 0 Å². The molecule has 0 bridgehead atoms. The van der Waals surface area contributed by atoms with E-state index in [0.717, 1.165) is 6.54 Å². The fourth-order valence-corrected chi connectivity index (χ4v) is 2.41. The molecule has 1 aliphatic carbocycles. The lowest BCUT2D eigenvalue weighted by molar-refractivity contribution is 0.459. The van der Waals surface area contributed by atoms with Crippen molar-refractivity contribution >= 4 is 0 Å². The van der Waals surface area contributed by atoms with Gasteiger partial charge in [0.15, 0.2) is 0 Å². The maximum Gasteiger partial charge on any atom is 0.0111 e. The summed E-state index contributed by atoms with van der Waals surface area (Å²) in [6.45, 7) is 5.57. The molecule has 0 amide bonds. The Kier molecular flexibility index (Phi) is 3.42. The minimum absolute atomic E-state index is 0.708. The lowest BCUT2D eigenvalue weighted by Gasteiger charge is -2.25. The predicted molar refractivity (Wildman–Crippen MR) is 65.3 cm³/mol. The van der Waals surface area contributed by atoms with Crippen LogP contribution < -0.4 is 5.32 Å². The second-order valence-electron chi connectivity index (χ2n) is 4.67. The van der Waals surface area contributed by atoms with Crippen molar-refractivity contribution in [3.63, 3.8) is 0 Å². The molecule has 1 heteroatoms. The van der Waals surface area contributed by atoms with Crippen LogP contribution in [0.5, 0.6) is 0 Å². The van der Waals surface area contributed by atoms with Gasteiger partial charge in [0.25, 0.3) is 0 Å². The number of aryl methyl sites for hydroxylation is 2. The Morgan fingerprint density at radius 2 is 2.20 bits per heavy atom. The van der Waals surface area contributed by atoms with Gasteiger partial charge < -0.3 is 5.32 Å². The molecule has 1 aliphatic rings. The molecule has 1 unspecified atom stereocenters. The smallest absolute Gasteiger partial charge is 0.0111 e. The van der Waals surface area contributed by atoms with Crippen LogP contribution in [-0.2, 0) is 12.8 Å². The minimum atomic E-state index is 0.708. The molecule has 0 aromatic heterocycles. The Bertz CT molecular complexity index is 330. The first kappa shape index (κ1) is 10.7. The molecule has 0 aliphatic heterocycles. The molecule has 82 valence electrons. The second-order valence-corrected chi connectivity index (χ2v) is 4.67. The molecule has 0 radical (unpaired) electrons. The summed E-state index contributed by atoms with van der Waals surface area (Å²) in [4.78, 5) is 0. The van der Waals surface area contributed by atoms with Crippen LogP contribution in [0, 0.1) is 6.92 Å². The van der Waals surface area contributed by atoms with Crippen LogP contribution >= 0.6 is 0 Å². The highest BCUT2D eigenvalue weighted by molar-refractivity contribution is 5.34. The summed E-state index contributed by atoms with van der Waals surface area (Å²) in [5, 5.41) is 3.63. The zero-order chi connectivity index (χ0) is 10.7. The summed E-state index contributed by atoms with van der Waals surface area (Å²) >= 11 is 0. The topological polar surface area (TPSA) is 12.0 Å². The van der Waals surface area contributed by atoms with Gasteiger partial charge in [-0.25, -0.2) is 0 Å².